The Balaban J connectivity index is 2.15. The first-order valence-electron chi connectivity index (χ1n) is 9.08. The first-order valence-corrected chi connectivity index (χ1v) is 9.08. The number of aliphatic hydroxyl groups excluding tert-OH is 1. The summed E-state index contributed by atoms with van der Waals surface area (Å²) in [6.45, 7) is 12.5. The predicted octanol–water partition coefficient (Wildman–Crippen LogP) is 5.58. The summed E-state index contributed by atoms with van der Waals surface area (Å²) in [5.74, 6) is 2.63. The third-order valence-corrected chi connectivity index (χ3v) is 7.01. The maximum atomic E-state index is 9.06. The van der Waals surface area contributed by atoms with Crippen LogP contribution >= 0.6 is 0 Å². The third-order valence-electron chi connectivity index (χ3n) is 7.01. The van der Waals surface area contributed by atoms with Gasteiger partial charge < -0.3 is 5.11 Å². The number of hydrogen-bond donors (Lipinski definition) is 1. The van der Waals surface area contributed by atoms with Crippen molar-refractivity contribution in [2.75, 3.05) is 6.61 Å². The normalized spacial score (nSPS) is 39.9. The van der Waals surface area contributed by atoms with Crippen molar-refractivity contribution in [3.63, 3.8) is 0 Å². The number of rotatable bonds is 4. The average Bonchev–Trinajstić information content (AvgIpc) is 2.37. The lowest BCUT2D eigenvalue weighted by molar-refractivity contribution is -0.0957. The molecule has 1 N–H and O–H groups in total. The monoisotopic (exact) mass is 292 g/mol. The Kier molecular flexibility index (Phi) is 5.23. The fraction of sp³-hybridized carbons (Fsp3) is 0.900. The molecule has 2 aliphatic carbocycles. The quantitative estimate of drug-likeness (QED) is 0.670. The van der Waals surface area contributed by atoms with Gasteiger partial charge in [0.25, 0.3) is 0 Å². The SMILES string of the molecule is C/C(=C\CO)CCC1C(C)CCC2C(C)(C)CCCC12C. The molecule has 0 heterocycles. The Bertz CT molecular complexity index is 381. The topological polar surface area (TPSA) is 20.2 Å². The van der Waals surface area contributed by atoms with Crippen LogP contribution in [0.5, 0.6) is 0 Å². The minimum atomic E-state index is 0.193. The van der Waals surface area contributed by atoms with Crippen molar-refractivity contribution in [2.45, 2.75) is 79.6 Å². The first-order chi connectivity index (χ1) is 9.81. The van der Waals surface area contributed by atoms with Gasteiger partial charge in [-0.15, -0.1) is 0 Å². The van der Waals surface area contributed by atoms with E-state index in [0.29, 0.717) is 10.8 Å². The fourth-order valence-corrected chi connectivity index (χ4v) is 5.87. The van der Waals surface area contributed by atoms with Gasteiger partial charge in [0.2, 0.25) is 0 Å². The molecular weight excluding hydrogens is 256 g/mol. The maximum absolute atomic E-state index is 9.06. The smallest absolute Gasteiger partial charge is 0.0614 e. The lowest BCUT2D eigenvalue weighted by Crippen LogP contribution is -2.51. The van der Waals surface area contributed by atoms with Gasteiger partial charge >= 0.3 is 0 Å². The molecule has 0 saturated heterocycles. The molecular formula is C20H36O. The Morgan fingerprint density at radius 1 is 1.19 bits per heavy atom. The van der Waals surface area contributed by atoms with Crippen molar-refractivity contribution in [3.8, 4) is 0 Å². The zero-order chi connectivity index (χ0) is 15.7. The number of fused-ring (bicyclic) bond motifs is 1. The molecule has 0 bridgehead atoms. The average molecular weight is 293 g/mol. The van der Waals surface area contributed by atoms with Gasteiger partial charge in [0.15, 0.2) is 0 Å². The molecule has 4 unspecified atom stereocenters. The zero-order valence-electron chi connectivity index (χ0n) is 14.9. The van der Waals surface area contributed by atoms with Gasteiger partial charge in [-0.2, -0.15) is 0 Å². The number of allylic oxidation sites excluding steroid dienone is 1. The molecule has 2 fully saturated rings. The van der Waals surface area contributed by atoms with Gasteiger partial charge in [0, 0.05) is 0 Å². The summed E-state index contributed by atoms with van der Waals surface area (Å²) in [5, 5.41) is 9.06. The van der Waals surface area contributed by atoms with E-state index in [1.807, 2.05) is 6.08 Å². The minimum absolute atomic E-state index is 0.193. The van der Waals surface area contributed by atoms with Gasteiger partial charge in [0.1, 0.15) is 0 Å². The first kappa shape index (κ1) is 17.1. The third kappa shape index (κ3) is 3.38. The molecule has 1 nitrogen and oxygen atoms in total. The Morgan fingerprint density at radius 2 is 1.90 bits per heavy atom. The van der Waals surface area contributed by atoms with Crippen LogP contribution in [0.3, 0.4) is 0 Å². The Labute approximate surface area is 132 Å². The molecule has 2 aliphatic rings. The second-order valence-electron chi connectivity index (χ2n) is 8.83. The van der Waals surface area contributed by atoms with E-state index in [0.717, 1.165) is 24.2 Å². The van der Waals surface area contributed by atoms with Crippen LogP contribution in [-0.2, 0) is 0 Å². The van der Waals surface area contributed by atoms with Crippen LogP contribution in [0.25, 0.3) is 0 Å². The Hall–Kier alpha value is -0.300. The minimum Gasteiger partial charge on any atom is -0.392 e. The molecule has 0 aromatic heterocycles. The second-order valence-corrected chi connectivity index (χ2v) is 8.83. The van der Waals surface area contributed by atoms with Crippen LogP contribution in [0.4, 0.5) is 0 Å². The van der Waals surface area contributed by atoms with E-state index in [1.54, 1.807) is 0 Å². The van der Waals surface area contributed by atoms with Crippen LogP contribution in [0, 0.1) is 28.6 Å². The van der Waals surface area contributed by atoms with Crippen LogP contribution in [0.15, 0.2) is 11.6 Å². The highest BCUT2D eigenvalue weighted by atomic mass is 16.2. The molecule has 0 aromatic rings. The second kappa shape index (κ2) is 6.44. The van der Waals surface area contributed by atoms with E-state index in [-0.39, 0.29) is 6.61 Å². The van der Waals surface area contributed by atoms with Crippen molar-refractivity contribution in [3.05, 3.63) is 11.6 Å². The molecule has 0 radical (unpaired) electrons. The molecule has 0 amide bonds. The molecule has 2 saturated carbocycles. The van der Waals surface area contributed by atoms with Crippen molar-refractivity contribution < 1.29 is 5.11 Å². The van der Waals surface area contributed by atoms with E-state index >= 15 is 0 Å². The van der Waals surface area contributed by atoms with Crippen molar-refractivity contribution >= 4 is 0 Å². The molecule has 0 aromatic carbocycles. The maximum Gasteiger partial charge on any atom is 0.0614 e. The van der Waals surface area contributed by atoms with Gasteiger partial charge in [0.05, 0.1) is 6.61 Å². The van der Waals surface area contributed by atoms with Crippen LogP contribution in [0.1, 0.15) is 79.6 Å². The highest BCUT2D eigenvalue weighted by Crippen LogP contribution is 2.62. The van der Waals surface area contributed by atoms with Crippen molar-refractivity contribution in [1.29, 1.82) is 0 Å². The van der Waals surface area contributed by atoms with Gasteiger partial charge in [-0.3, -0.25) is 0 Å². The lowest BCUT2D eigenvalue weighted by Gasteiger charge is -2.59. The number of hydrogen-bond acceptors (Lipinski definition) is 1. The lowest BCUT2D eigenvalue weighted by atomic mass is 9.46. The number of aliphatic hydroxyl groups is 1. The summed E-state index contributed by atoms with van der Waals surface area (Å²) < 4.78 is 0. The van der Waals surface area contributed by atoms with Gasteiger partial charge in [-0.05, 0) is 67.6 Å². The zero-order valence-corrected chi connectivity index (χ0v) is 14.9. The highest BCUT2D eigenvalue weighted by molar-refractivity contribution is 5.05. The summed E-state index contributed by atoms with van der Waals surface area (Å²) in [4.78, 5) is 0. The van der Waals surface area contributed by atoms with E-state index in [2.05, 4.69) is 34.6 Å². The van der Waals surface area contributed by atoms with Gasteiger partial charge in [-0.25, -0.2) is 0 Å². The molecule has 4 atom stereocenters. The van der Waals surface area contributed by atoms with Crippen LogP contribution < -0.4 is 0 Å². The standard InChI is InChI=1S/C20H36O/c1-15(11-14-21)7-9-17-16(2)8-10-18-19(3,4)12-6-13-20(17,18)5/h11,16-18,21H,6-10,12-14H2,1-5H3/b15-11+. The largest absolute Gasteiger partial charge is 0.392 e. The van der Waals surface area contributed by atoms with E-state index in [4.69, 9.17) is 5.11 Å². The summed E-state index contributed by atoms with van der Waals surface area (Å²) in [7, 11) is 0. The van der Waals surface area contributed by atoms with E-state index in [1.165, 1.54) is 44.1 Å². The van der Waals surface area contributed by atoms with E-state index < -0.39 is 0 Å². The summed E-state index contributed by atoms with van der Waals surface area (Å²) in [5.41, 5.74) is 2.44. The van der Waals surface area contributed by atoms with Crippen LogP contribution in [0.2, 0.25) is 0 Å². The molecule has 0 aliphatic heterocycles. The van der Waals surface area contributed by atoms with Crippen molar-refractivity contribution in [1.82, 2.24) is 0 Å². The highest BCUT2D eigenvalue weighted by Gasteiger charge is 2.53. The molecule has 0 spiro atoms. The van der Waals surface area contributed by atoms with Gasteiger partial charge in [-0.1, -0.05) is 52.2 Å². The Morgan fingerprint density at radius 3 is 2.57 bits per heavy atom. The summed E-state index contributed by atoms with van der Waals surface area (Å²) >= 11 is 0. The van der Waals surface area contributed by atoms with Crippen LogP contribution in [-0.4, -0.2) is 11.7 Å². The molecule has 2 rings (SSSR count). The summed E-state index contributed by atoms with van der Waals surface area (Å²) in [6, 6.07) is 0. The molecule has 1 heteroatoms. The summed E-state index contributed by atoms with van der Waals surface area (Å²) in [6.07, 6.45) is 11.6. The molecule has 21 heavy (non-hydrogen) atoms. The molecule has 122 valence electrons. The van der Waals surface area contributed by atoms with Crippen molar-refractivity contribution in [2.24, 2.45) is 28.6 Å². The fourth-order valence-electron chi connectivity index (χ4n) is 5.87. The van der Waals surface area contributed by atoms with E-state index in [9.17, 15) is 0 Å². The predicted molar refractivity (Wildman–Crippen MR) is 91.2 cm³/mol.